The number of hydrogen-bond donors (Lipinski definition) is 1. The molecule has 0 atom stereocenters. The summed E-state index contributed by atoms with van der Waals surface area (Å²) in [5.41, 5.74) is 5.14. The van der Waals surface area contributed by atoms with Gasteiger partial charge in [-0.15, -0.1) is 11.3 Å². The third-order valence-electron chi connectivity index (χ3n) is 5.32. The van der Waals surface area contributed by atoms with E-state index in [1.165, 1.54) is 17.7 Å². The maximum Gasteiger partial charge on any atom is 0.281 e. The number of nitrogens with zero attached hydrogens (tertiary/aromatic N) is 3. The van der Waals surface area contributed by atoms with E-state index in [2.05, 4.69) is 10.4 Å². The average molecular weight is 430 g/mol. The molecule has 1 N–H and O–H groups in total. The van der Waals surface area contributed by atoms with Gasteiger partial charge in [0.1, 0.15) is 11.2 Å². The number of carbonyl (C=O) groups excluding carboxylic acids is 2. The quantitative estimate of drug-likeness (QED) is 0.536. The summed E-state index contributed by atoms with van der Waals surface area (Å²) >= 11 is 1.39. The molecule has 2 aromatic carbocycles. The number of anilines is 1. The average Bonchev–Trinajstić information content (AvgIpc) is 3.43. The highest BCUT2D eigenvalue weighted by atomic mass is 32.1. The van der Waals surface area contributed by atoms with Gasteiger partial charge < -0.3 is 4.90 Å². The fourth-order valence-corrected chi connectivity index (χ4v) is 4.64. The van der Waals surface area contributed by atoms with Crippen molar-refractivity contribution in [1.29, 1.82) is 0 Å². The molecule has 4 aromatic rings. The number of hydrogen-bond acceptors (Lipinski definition) is 5. The lowest BCUT2D eigenvalue weighted by Crippen LogP contribution is -2.33. The number of amides is 2. The van der Waals surface area contributed by atoms with Crippen molar-refractivity contribution in [3.05, 3.63) is 82.2 Å². The Labute approximate surface area is 181 Å². The van der Waals surface area contributed by atoms with Crippen molar-refractivity contribution in [3.63, 3.8) is 0 Å². The monoisotopic (exact) mass is 430 g/mol. The summed E-state index contributed by atoms with van der Waals surface area (Å²) in [4.78, 5) is 44.4. The van der Waals surface area contributed by atoms with Crippen molar-refractivity contribution in [3.8, 4) is 11.1 Å². The zero-order valence-corrected chi connectivity index (χ0v) is 17.3. The van der Waals surface area contributed by atoms with Crippen LogP contribution < -0.4 is 15.9 Å². The minimum atomic E-state index is -0.431. The van der Waals surface area contributed by atoms with Crippen LogP contribution in [0, 0.1) is 0 Å². The predicted octanol–water partition coefficient (Wildman–Crippen LogP) is 3.64. The van der Waals surface area contributed by atoms with Crippen LogP contribution in [0.5, 0.6) is 0 Å². The number of nitrogens with one attached hydrogen (secondary N) is 1. The first-order valence-corrected chi connectivity index (χ1v) is 10.8. The van der Waals surface area contributed by atoms with Gasteiger partial charge in [-0.3, -0.25) is 19.8 Å². The van der Waals surface area contributed by atoms with E-state index in [9.17, 15) is 14.4 Å². The number of rotatable bonds is 4. The fourth-order valence-electron chi connectivity index (χ4n) is 3.73. The third kappa shape index (κ3) is 3.51. The summed E-state index contributed by atoms with van der Waals surface area (Å²) in [7, 11) is 0. The first-order chi connectivity index (χ1) is 15.1. The highest BCUT2D eigenvalue weighted by Gasteiger charge is 2.22. The largest absolute Gasteiger partial charge is 0.312 e. The molecule has 1 aliphatic rings. The van der Waals surface area contributed by atoms with Gasteiger partial charge in [0.2, 0.25) is 5.91 Å². The Kier molecular flexibility index (Phi) is 4.83. The molecule has 3 heterocycles. The van der Waals surface area contributed by atoms with Gasteiger partial charge in [-0.05, 0) is 36.2 Å². The van der Waals surface area contributed by atoms with Crippen LogP contribution in [-0.2, 0) is 4.79 Å². The number of carbonyl (C=O) groups is 2. The molecule has 154 valence electrons. The molecule has 1 saturated heterocycles. The third-order valence-corrected chi connectivity index (χ3v) is 6.20. The van der Waals surface area contributed by atoms with Crippen molar-refractivity contribution < 1.29 is 9.59 Å². The van der Waals surface area contributed by atoms with E-state index in [4.69, 9.17) is 0 Å². The Morgan fingerprint density at radius 1 is 1.03 bits per heavy atom. The van der Waals surface area contributed by atoms with Crippen LogP contribution in [0.2, 0.25) is 0 Å². The summed E-state index contributed by atoms with van der Waals surface area (Å²) in [5.74, 6) is -0.341. The summed E-state index contributed by atoms with van der Waals surface area (Å²) in [5, 5.41) is 2.38. The summed E-state index contributed by atoms with van der Waals surface area (Å²) < 4.78 is 1.11. The van der Waals surface area contributed by atoms with Crippen LogP contribution in [0.25, 0.3) is 21.3 Å². The topological polar surface area (TPSA) is 84.3 Å². The van der Waals surface area contributed by atoms with Gasteiger partial charge in [-0.1, -0.05) is 30.3 Å². The number of benzene rings is 2. The predicted molar refractivity (Wildman–Crippen MR) is 121 cm³/mol. The Morgan fingerprint density at radius 2 is 1.81 bits per heavy atom. The van der Waals surface area contributed by atoms with Crippen molar-refractivity contribution >= 4 is 39.1 Å². The fraction of sp³-hybridized carbons (Fsp3) is 0.130. The molecule has 7 nitrogen and oxygen atoms in total. The Balaban J connectivity index is 1.43. The molecule has 0 unspecified atom stereocenters. The number of aromatic nitrogens is 2. The van der Waals surface area contributed by atoms with Gasteiger partial charge in [0.25, 0.3) is 11.5 Å². The number of thiophene rings is 1. The Morgan fingerprint density at radius 3 is 2.52 bits per heavy atom. The van der Waals surface area contributed by atoms with Crippen LogP contribution >= 0.6 is 11.3 Å². The lowest BCUT2D eigenvalue weighted by atomic mass is 10.1. The lowest BCUT2D eigenvalue weighted by molar-refractivity contribution is -0.117. The van der Waals surface area contributed by atoms with Gasteiger partial charge in [0.05, 0.1) is 5.39 Å². The second kappa shape index (κ2) is 7.81. The van der Waals surface area contributed by atoms with Crippen LogP contribution in [0.3, 0.4) is 0 Å². The zero-order valence-electron chi connectivity index (χ0n) is 16.4. The molecule has 5 rings (SSSR count). The summed E-state index contributed by atoms with van der Waals surface area (Å²) in [6.07, 6.45) is 2.71. The zero-order chi connectivity index (χ0) is 21.4. The molecular weight excluding hydrogens is 412 g/mol. The molecule has 8 heteroatoms. The van der Waals surface area contributed by atoms with E-state index in [1.54, 1.807) is 29.2 Å². The van der Waals surface area contributed by atoms with Crippen LogP contribution in [0.1, 0.15) is 23.2 Å². The highest BCUT2D eigenvalue weighted by Crippen LogP contribution is 2.30. The minimum absolute atomic E-state index is 0.0908. The van der Waals surface area contributed by atoms with Gasteiger partial charge in [0.15, 0.2) is 0 Å². The maximum absolute atomic E-state index is 13.1. The van der Waals surface area contributed by atoms with E-state index in [-0.39, 0.29) is 11.5 Å². The molecule has 0 saturated carbocycles. The van der Waals surface area contributed by atoms with Crippen LogP contribution in [-0.4, -0.2) is 28.0 Å². The van der Waals surface area contributed by atoms with Crippen molar-refractivity contribution in [2.45, 2.75) is 12.8 Å². The molecule has 1 aliphatic heterocycles. The van der Waals surface area contributed by atoms with Crippen molar-refractivity contribution in [2.75, 3.05) is 16.9 Å². The SMILES string of the molecule is O=C(Nn1cnc2scc(-c3ccccc3)c2c1=O)c1ccc(N2CCCC2=O)cc1. The molecule has 0 radical (unpaired) electrons. The van der Waals surface area contributed by atoms with Crippen LogP contribution in [0.4, 0.5) is 5.69 Å². The molecule has 31 heavy (non-hydrogen) atoms. The minimum Gasteiger partial charge on any atom is -0.312 e. The van der Waals surface area contributed by atoms with Crippen molar-refractivity contribution in [1.82, 2.24) is 9.66 Å². The second-order valence-electron chi connectivity index (χ2n) is 7.25. The van der Waals surface area contributed by atoms with E-state index in [0.29, 0.717) is 28.7 Å². The highest BCUT2D eigenvalue weighted by molar-refractivity contribution is 7.17. The molecule has 2 aromatic heterocycles. The molecule has 0 bridgehead atoms. The lowest BCUT2D eigenvalue weighted by Gasteiger charge is -2.16. The Bertz CT molecular complexity index is 1340. The van der Waals surface area contributed by atoms with Gasteiger partial charge in [-0.25, -0.2) is 9.66 Å². The van der Waals surface area contributed by atoms with Crippen LogP contribution in [0.15, 0.2) is 71.1 Å². The summed E-state index contributed by atoms with van der Waals surface area (Å²) in [6.45, 7) is 0.690. The molecule has 0 spiro atoms. The number of fused-ring (bicyclic) bond motifs is 1. The Hall–Kier alpha value is -3.78. The molecule has 2 amide bonds. The smallest absolute Gasteiger partial charge is 0.281 e. The molecule has 1 fully saturated rings. The van der Waals surface area contributed by atoms with E-state index >= 15 is 0 Å². The first-order valence-electron chi connectivity index (χ1n) is 9.88. The van der Waals surface area contributed by atoms with Gasteiger partial charge in [-0.2, -0.15) is 0 Å². The van der Waals surface area contributed by atoms with Crippen molar-refractivity contribution in [2.24, 2.45) is 0 Å². The molecular formula is C23H18N4O3S. The van der Waals surface area contributed by atoms with Gasteiger partial charge >= 0.3 is 0 Å². The second-order valence-corrected chi connectivity index (χ2v) is 8.11. The summed E-state index contributed by atoms with van der Waals surface area (Å²) in [6, 6.07) is 16.4. The van der Waals surface area contributed by atoms with Gasteiger partial charge in [0, 0.05) is 35.2 Å². The molecule has 0 aliphatic carbocycles. The van der Waals surface area contributed by atoms with E-state index < -0.39 is 5.91 Å². The van der Waals surface area contributed by atoms with E-state index in [1.807, 2.05) is 35.7 Å². The maximum atomic E-state index is 13.1. The first kappa shape index (κ1) is 19.2. The standard InChI is InChI=1S/C23H18N4O3S/c28-19-7-4-12-26(19)17-10-8-16(9-11-17)21(29)25-27-14-24-22-20(23(27)30)18(13-31-22)15-5-2-1-3-6-15/h1-3,5-6,8-11,13-14H,4,7,12H2,(H,25,29). The normalized spacial score (nSPS) is 13.7. The van der Waals surface area contributed by atoms with E-state index in [0.717, 1.165) is 27.9 Å².